The molecule has 2 fully saturated rings. The third-order valence-electron chi connectivity index (χ3n) is 5.59. The summed E-state index contributed by atoms with van der Waals surface area (Å²) in [7, 11) is -1.64. The number of carbonyl (C=O) groups is 1. The summed E-state index contributed by atoms with van der Waals surface area (Å²) in [6.45, 7) is 1.68. The summed E-state index contributed by atoms with van der Waals surface area (Å²) in [5.41, 5.74) is 1.07. The van der Waals surface area contributed by atoms with Crippen LogP contribution in [0.5, 0.6) is 0 Å². The smallest absolute Gasteiger partial charge is 0.224 e. The van der Waals surface area contributed by atoms with E-state index in [4.69, 9.17) is 0 Å². The third kappa shape index (κ3) is 2.58. The molecule has 2 aromatic rings. The van der Waals surface area contributed by atoms with Crippen LogP contribution in [0.2, 0.25) is 0 Å². The zero-order chi connectivity index (χ0) is 17.7. The zero-order valence-corrected chi connectivity index (χ0v) is 15.7. The Kier molecular flexibility index (Phi) is 4.09. The van der Waals surface area contributed by atoms with Gasteiger partial charge in [0.15, 0.2) is 9.84 Å². The molecule has 6 nitrogen and oxygen atoms in total. The van der Waals surface area contributed by atoms with Gasteiger partial charge in [0.25, 0.3) is 0 Å². The number of hydrogen-bond donors (Lipinski definition) is 1. The molecule has 1 aromatic heterocycles. The molecule has 25 heavy (non-hydrogen) atoms. The summed E-state index contributed by atoms with van der Waals surface area (Å²) in [6.07, 6.45) is 1.23. The van der Waals surface area contributed by atoms with E-state index in [2.05, 4.69) is 26.7 Å². The van der Waals surface area contributed by atoms with E-state index in [-0.39, 0.29) is 11.7 Å². The van der Waals surface area contributed by atoms with Crippen LogP contribution in [0, 0.1) is 5.92 Å². The lowest BCUT2D eigenvalue weighted by Crippen LogP contribution is -2.68. The lowest BCUT2D eigenvalue weighted by atomic mass is 9.82. The third-order valence-corrected chi connectivity index (χ3v) is 9.01. The molecule has 1 aromatic carbocycles. The standard InChI is InChI=1S/C17H21N3O3S2/c1-18-16(21)13-7-9-25(22,23)17(13)10-20(11-17)8-6-14-12-4-2-3-5-15(12)24-19-14/h2-5,13H,6-11H2,1H3,(H,18,21). The lowest BCUT2D eigenvalue weighted by molar-refractivity contribution is -0.127. The Hall–Kier alpha value is -1.51. The number of sulfone groups is 1. The molecule has 1 unspecified atom stereocenters. The summed E-state index contributed by atoms with van der Waals surface area (Å²) < 4.78 is 29.9. The average molecular weight is 380 g/mol. The van der Waals surface area contributed by atoms with E-state index >= 15 is 0 Å². The number of benzene rings is 1. The molecule has 2 aliphatic rings. The summed E-state index contributed by atoms with van der Waals surface area (Å²) >= 11 is 1.50. The molecule has 0 saturated carbocycles. The van der Waals surface area contributed by atoms with Gasteiger partial charge in [0, 0.05) is 38.5 Å². The van der Waals surface area contributed by atoms with Gasteiger partial charge < -0.3 is 5.32 Å². The van der Waals surface area contributed by atoms with Crippen LogP contribution in [0.1, 0.15) is 12.1 Å². The van der Waals surface area contributed by atoms with Crippen molar-refractivity contribution in [2.24, 2.45) is 5.92 Å². The summed E-state index contributed by atoms with van der Waals surface area (Å²) in [4.78, 5) is 14.2. The van der Waals surface area contributed by atoms with Crippen molar-refractivity contribution in [3.8, 4) is 0 Å². The molecule has 1 atom stereocenters. The quantitative estimate of drug-likeness (QED) is 0.860. The predicted octanol–water partition coefficient (Wildman–Crippen LogP) is 1.07. The number of likely N-dealkylation sites (tertiary alicyclic amines) is 1. The van der Waals surface area contributed by atoms with Crippen molar-refractivity contribution in [1.82, 2.24) is 14.6 Å². The number of aromatic nitrogens is 1. The van der Waals surface area contributed by atoms with Crippen LogP contribution in [-0.2, 0) is 21.1 Å². The van der Waals surface area contributed by atoms with Gasteiger partial charge in [-0.2, -0.15) is 4.37 Å². The van der Waals surface area contributed by atoms with Crippen LogP contribution in [0.15, 0.2) is 24.3 Å². The van der Waals surface area contributed by atoms with Crippen LogP contribution in [-0.4, -0.2) is 60.8 Å². The fourth-order valence-electron chi connectivity index (χ4n) is 4.17. The Balaban J connectivity index is 1.45. The maximum Gasteiger partial charge on any atom is 0.224 e. The monoisotopic (exact) mass is 379 g/mol. The van der Waals surface area contributed by atoms with Crippen LogP contribution in [0.3, 0.4) is 0 Å². The maximum absolute atomic E-state index is 12.5. The minimum absolute atomic E-state index is 0.121. The number of nitrogens with zero attached hydrogens (tertiary/aromatic N) is 2. The molecule has 0 bridgehead atoms. The molecular formula is C17H21N3O3S2. The van der Waals surface area contributed by atoms with Crippen molar-refractivity contribution in [2.45, 2.75) is 17.6 Å². The largest absolute Gasteiger partial charge is 0.359 e. The van der Waals surface area contributed by atoms with Gasteiger partial charge in [0.1, 0.15) is 4.75 Å². The Morgan fingerprint density at radius 3 is 2.92 bits per heavy atom. The van der Waals surface area contributed by atoms with Crippen molar-refractivity contribution in [2.75, 3.05) is 32.4 Å². The highest BCUT2D eigenvalue weighted by molar-refractivity contribution is 7.93. The first-order valence-electron chi connectivity index (χ1n) is 8.46. The van der Waals surface area contributed by atoms with Crippen molar-refractivity contribution < 1.29 is 13.2 Å². The number of amides is 1. The Morgan fingerprint density at radius 2 is 2.16 bits per heavy atom. The maximum atomic E-state index is 12.5. The predicted molar refractivity (Wildman–Crippen MR) is 98.5 cm³/mol. The molecule has 2 aliphatic heterocycles. The average Bonchev–Trinajstić information content (AvgIpc) is 3.09. The van der Waals surface area contributed by atoms with Gasteiger partial charge in [0.05, 0.1) is 22.1 Å². The van der Waals surface area contributed by atoms with E-state index in [1.165, 1.54) is 21.6 Å². The molecule has 3 heterocycles. The number of hydrogen-bond acceptors (Lipinski definition) is 6. The van der Waals surface area contributed by atoms with Crippen LogP contribution >= 0.6 is 11.5 Å². The van der Waals surface area contributed by atoms with E-state index in [1.807, 2.05) is 12.1 Å². The van der Waals surface area contributed by atoms with Gasteiger partial charge >= 0.3 is 0 Å². The van der Waals surface area contributed by atoms with E-state index in [0.29, 0.717) is 19.5 Å². The van der Waals surface area contributed by atoms with Gasteiger partial charge in [-0.1, -0.05) is 18.2 Å². The SMILES string of the molecule is CNC(=O)C1CCS(=O)(=O)C12CN(CCc1nsc3ccccc13)C2. The lowest BCUT2D eigenvalue weighted by Gasteiger charge is -2.49. The van der Waals surface area contributed by atoms with Crippen molar-refractivity contribution >= 4 is 37.4 Å². The minimum atomic E-state index is -3.21. The van der Waals surface area contributed by atoms with E-state index in [1.54, 1.807) is 7.05 Å². The molecular weight excluding hydrogens is 358 g/mol. The molecule has 0 aliphatic carbocycles. The van der Waals surface area contributed by atoms with Crippen LogP contribution in [0.4, 0.5) is 0 Å². The topological polar surface area (TPSA) is 79.4 Å². The zero-order valence-electron chi connectivity index (χ0n) is 14.1. The van der Waals surface area contributed by atoms with Gasteiger partial charge in [-0.3, -0.25) is 9.69 Å². The second-order valence-electron chi connectivity index (χ2n) is 6.93. The fourth-order valence-corrected chi connectivity index (χ4v) is 7.36. The molecule has 0 radical (unpaired) electrons. The van der Waals surface area contributed by atoms with Crippen LogP contribution < -0.4 is 5.32 Å². The highest BCUT2D eigenvalue weighted by atomic mass is 32.2. The summed E-state index contributed by atoms with van der Waals surface area (Å²) in [5.74, 6) is -0.444. The molecule has 8 heteroatoms. The second-order valence-corrected chi connectivity index (χ2v) is 10.2. The van der Waals surface area contributed by atoms with Gasteiger partial charge in [-0.25, -0.2) is 8.42 Å². The number of nitrogens with one attached hydrogen (secondary N) is 1. The van der Waals surface area contributed by atoms with Crippen LogP contribution in [0.25, 0.3) is 10.1 Å². The van der Waals surface area contributed by atoms with E-state index in [9.17, 15) is 13.2 Å². The molecule has 2 saturated heterocycles. The first kappa shape index (κ1) is 16.9. The second kappa shape index (κ2) is 6.03. The summed E-state index contributed by atoms with van der Waals surface area (Å²) in [5, 5.41) is 3.81. The first-order valence-corrected chi connectivity index (χ1v) is 10.9. The minimum Gasteiger partial charge on any atom is -0.359 e. The van der Waals surface area contributed by atoms with Gasteiger partial charge in [-0.05, 0) is 24.0 Å². The number of rotatable bonds is 4. The number of fused-ring (bicyclic) bond motifs is 1. The summed E-state index contributed by atoms with van der Waals surface area (Å²) in [6, 6.07) is 8.16. The first-order chi connectivity index (χ1) is 12.0. The Morgan fingerprint density at radius 1 is 1.40 bits per heavy atom. The normalized spacial score (nSPS) is 24.4. The van der Waals surface area contributed by atoms with Gasteiger partial charge in [0.2, 0.25) is 5.91 Å². The fraction of sp³-hybridized carbons (Fsp3) is 0.529. The number of carbonyl (C=O) groups excluding carboxylic acids is 1. The molecule has 4 rings (SSSR count). The molecule has 1 spiro atoms. The molecule has 134 valence electrons. The van der Waals surface area contributed by atoms with Crippen molar-refractivity contribution in [1.29, 1.82) is 0 Å². The van der Waals surface area contributed by atoms with Crippen molar-refractivity contribution in [3.63, 3.8) is 0 Å². The van der Waals surface area contributed by atoms with Crippen molar-refractivity contribution in [3.05, 3.63) is 30.0 Å². The van der Waals surface area contributed by atoms with E-state index < -0.39 is 20.5 Å². The Bertz CT molecular complexity index is 916. The molecule has 1 amide bonds. The Labute approximate surface area is 151 Å². The highest BCUT2D eigenvalue weighted by Gasteiger charge is 2.63. The van der Waals surface area contributed by atoms with Gasteiger partial charge in [-0.15, -0.1) is 0 Å². The highest BCUT2D eigenvalue weighted by Crippen LogP contribution is 2.44. The molecule has 1 N–H and O–H groups in total. The van der Waals surface area contributed by atoms with E-state index in [0.717, 1.165) is 18.7 Å².